The first kappa shape index (κ1) is 20.7. The number of H-pyrrole nitrogens is 1. The van der Waals surface area contributed by atoms with Gasteiger partial charge in [0.1, 0.15) is 11.3 Å². The van der Waals surface area contributed by atoms with Crippen LogP contribution in [0.1, 0.15) is 56.4 Å². The number of hydrogen-bond donors (Lipinski definition) is 2. The van der Waals surface area contributed by atoms with Gasteiger partial charge in [-0.1, -0.05) is 0 Å². The van der Waals surface area contributed by atoms with E-state index in [9.17, 15) is 14.4 Å². The van der Waals surface area contributed by atoms with Crippen LogP contribution in [-0.4, -0.2) is 40.2 Å². The number of carbonyl (C=O) groups excluding carboxylic acids is 2. The second kappa shape index (κ2) is 8.97. The summed E-state index contributed by atoms with van der Waals surface area (Å²) < 4.78 is 9.61. The smallest absolute Gasteiger partial charge is 0.355 e. The Kier molecular flexibility index (Phi) is 8.07. The minimum absolute atomic E-state index is 0.135. The second-order valence-corrected chi connectivity index (χ2v) is 5.85. The molecule has 0 spiro atoms. The summed E-state index contributed by atoms with van der Waals surface area (Å²) in [6, 6.07) is 1.65. The molecule has 0 radical (unpaired) electrons. The van der Waals surface area contributed by atoms with Gasteiger partial charge >= 0.3 is 17.9 Å². The van der Waals surface area contributed by atoms with Crippen molar-refractivity contribution in [2.75, 3.05) is 6.61 Å². The van der Waals surface area contributed by atoms with E-state index in [2.05, 4.69) is 9.72 Å². The summed E-state index contributed by atoms with van der Waals surface area (Å²) in [6.07, 6.45) is -0.135. The lowest BCUT2D eigenvalue weighted by Gasteiger charge is -2.19. The molecule has 0 saturated heterocycles. The van der Waals surface area contributed by atoms with Gasteiger partial charge in [-0.3, -0.25) is 9.59 Å². The van der Waals surface area contributed by atoms with E-state index in [4.69, 9.17) is 9.84 Å². The highest BCUT2D eigenvalue weighted by Gasteiger charge is 2.21. The third-order valence-corrected chi connectivity index (χ3v) is 2.36. The third kappa shape index (κ3) is 9.34. The quantitative estimate of drug-likeness (QED) is 0.823. The Balaban J connectivity index is 0.000000688. The molecule has 2 N–H and O–H groups in total. The van der Waals surface area contributed by atoms with E-state index in [0.717, 1.165) is 0 Å². The molecule has 1 heterocycles. The fourth-order valence-corrected chi connectivity index (χ4v) is 1.63. The number of aryl methyl sites for hydroxylation is 1. The van der Waals surface area contributed by atoms with Gasteiger partial charge in [-0.05, 0) is 46.2 Å². The zero-order chi connectivity index (χ0) is 18.2. The first-order valence-corrected chi connectivity index (χ1v) is 7.23. The van der Waals surface area contributed by atoms with Crippen molar-refractivity contribution in [3.05, 3.63) is 23.0 Å². The van der Waals surface area contributed by atoms with Crippen molar-refractivity contribution in [2.24, 2.45) is 0 Å². The van der Waals surface area contributed by atoms with E-state index >= 15 is 0 Å². The highest BCUT2D eigenvalue weighted by atomic mass is 16.6. The normalized spacial score (nSPS) is 10.3. The Hall–Kier alpha value is -2.31. The lowest BCUT2D eigenvalue weighted by Crippen LogP contribution is -2.24. The molecule has 130 valence electrons. The summed E-state index contributed by atoms with van der Waals surface area (Å²) in [5, 5.41) is 8.66. The Morgan fingerprint density at radius 1 is 1.26 bits per heavy atom. The largest absolute Gasteiger partial charge is 0.481 e. The van der Waals surface area contributed by atoms with Gasteiger partial charge in [0.25, 0.3) is 0 Å². The fraction of sp³-hybridized carbons (Fsp3) is 0.562. The zero-order valence-corrected chi connectivity index (χ0v) is 14.5. The molecule has 0 atom stereocenters. The van der Waals surface area contributed by atoms with Crippen LogP contribution < -0.4 is 0 Å². The van der Waals surface area contributed by atoms with E-state index in [0.29, 0.717) is 23.6 Å². The zero-order valence-electron chi connectivity index (χ0n) is 14.5. The Morgan fingerprint density at radius 2 is 1.83 bits per heavy atom. The number of carboxylic acid groups (broad SMARTS) is 1. The van der Waals surface area contributed by atoms with Crippen molar-refractivity contribution >= 4 is 17.9 Å². The predicted molar refractivity (Wildman–Crippen MR) is 84.3 cm³/mol. The molecule has 1 rings (SSSR count). The van der Waals surface area contributed by atoms with Gasteiger partial charge in [-0.15, -0.1) is 0 Å². The van der Waals surface area contributed by atoms with Crippen molar-refractivity contribution in [3.8, 4) is 0 Å². The van der Waals surface area contributed by atoms with Crippen molar-refractivity contribution in [1.29, 1.82) is 0 Å². The van der Waals surface area contributed by atoms with Crippen molar-refractivity contribution in [1.82, 2.24) is 4.98 Å². The van der Waals surface area contributed by atoms with E-state index in [1.807, 2.05) is 0 Å². The molecule has 0 saturated carbocycles. The van der Waals surface area contributed by atoms with E-state index in [1.165, 1.54) is 6.92 Å². The maximum absolute atomic E-state index is 11.8. The lowest BCUT2D eigenvalue weighted by molar-refractivity contribution is -0.140. The summed E-state index contributed by atoms with van der Waals surface area (Å²) in [5.41, 5.74) is 0.934. The van der Waals surface area contributed by atoms with Gasteiger partial charge in [0.15, 0.2) is 0 Å². The van der Waals surface area contributed by atoms with Crippen LogP contribution in [0.3, 0.4) is 0 Å². The van der Waals surface area contributed by atoms with Gasteiger partial charge in [0.05, 0.1) is 13.0 Å². The summed E-state index contributed by atoms with van der Waals surface area (Å²) >= 11 is 0. The highest BCUT2D eigenvalue weighted by Crippen LogP contribution is 2.16. The number of ether oxygens (including phenoxy) is 2. The maximum atomic E-state index is 11.8. The maximum Gasteiger partial charge on any atom is 0.355 e. The van der Waals surface area contributed by atoms with Crippen LogP contribution in [0.15, 0.2) is 6.07 Å². The average Bonchev–Trinajstić information content (AvgIpc) is 2.67. The number of carbonyl (C=O) groups is 3. The molecule has 0 bridgehead atoms. The van der Waals surface area contributed by atoms with Crippen LogP contribution >= 0.6 is 0 Å². The molecule has 0 aliphatic heterocycles. The molecule has 0 unspecified atom stereocenters. The van der Waals surface area contributed by atoms with Crippen molar-refractivity contribution in [2.45, 2.75) is 53.6 Å². The average molecular weight is 327 g/mol. The van der Waals surface area contributed by atoms with Gasteiger partial charge < -0.3 is 19.6 Å². The van der Waals surface area contributed by atoms with Crippen LogP contribution in [0.5, 0.6) is 0 Å². The molecule has 0 fully saturated rings. The monoisotopic (exact) mass is 327 g/mol. The molecule has 0 aromatic carbocycles. The predicted octanol–water partition coefficient (Wildman–Crippen LogP) is 2.47. The molecule has 1 aromatic rings. The number of aromatic amines is 1. The van der Waals surface area contributed by atoms with Gasteiger partial charge in [-0.2, -0.15) is 0 Å². The Bertz CT molecular complexity index is 553. The third-order valence-electron chi connectivity index (χ3n) is 2.36. The van der Waals surface area contributed by atoms with Crippen LogP contribution in [0.4, 0.5) is 0 Å². The molecule has 0 aliphatic carbocycles. The number of aromatic nitrogens is 1. The number of nitrogens with one attached hydrogen (secondary N) is 1. The molecule has 1 aromatic heterocycles. The topological polar surface area (TPSA) is 106 Å². The molecule has 7 heteroatoms. The number of hydrogen-bond acceptors (Lipinski definition) is 5. The molecule has 0 aliphatic rings. The Morgan fingerprint density at radius 3 is 2.17 bits per heavy atom. The fourth-order valence-electron chi connectivity index (χ4n) is 1.63. The summed E-state index contributed by atoms with van der Waals surface area (Å²) in [6.45, 7) is 10.7. The van der Waals surface area contributed by atoms with Crippen LogP contribution in [-0.2, 0) is 25.5 Å². The summed E-state index contributed by atoms with van der Waals surface area (Å²) in [4.78, 5) is 34.9. The van der Waals surface area contributed by atoms with Gasteiger partial charge in [0, 0.05) is 12.6 Å². The molecular weight excluding hydrogens is 302 g/mol. The van der Waals surface area contributed by atoms with E-state index in [1.54, 1.807) is 40.7 Å². The summed E-state index contributed by atoms with van der Waals surface area (Å²) in [5.74, 6) is -1.62. The van der Waals surface area contributed by atoms with Gasteiger partial charge in [0.2, 0.25) is 0 Å². The SMILES string of the molecule is CCOC(C)=O.Cc1cc(CC(=O)O)[nH]c1C(=O)OC(C)(C)C. The molecule has 23 heavy (non-hydrogen) atoms. The second-order valence-electron chi connectivity index (χ2n) is 5.85. The van der Waals surface area contributed by atoms with Crippen molar-refractivity contribution in [3.63, 3.8) is 0 Å². The van der Waals surface area contributed by atoms with Crippen molar-refractivity contribution < 1.29 is 29.0 Å². The molecular formula is C16H25NO6. The highest BCUT2D eigenvalue weighted by molar-refractivity contribution is 5.89. The van der Waals surface area contributed by atoms with Gasteiger partial charge in [-0.25, -0.2) is 4.79 Å². The molecule has 0 amide bonds. The first-order chi connectivity index (χ1) is 10.5. The summed E-state index contributed by atoms with van der Waals surface area (Å²) in [7, 11) is 0. The van der Waals surface area contributed by atoms with Crippen LogP contribution in [0.2, 0.25) is 0 Å². The van der Waals surface area contributed by atoms with Crippen LogP contribution in [0.25, 0.3) is 0 Å². The molecule has 7 nitrogen and oxygen atoms in total. The number of aliphatic carboxylic acids is 1. The Labute approximate surface area is 136 Å². The first-order valence-electron chi connectivity index (χ1n) is 7.23. The van der Waals surface area contributed by atoms with E-state index < -0.39 is 17.5 Å². The number of esters is 2. The lowest BCUT2D eigenvalue weighted by atomic mass is 10.2. The van der Waals surface area contributed by atoms with E-state index in [-0.39, 0.29) is 12.4 Å². The minimum atomic E-state index is -0.943. The van der Waals surface area contributed by atoms with Crippen LogP contribution in [0, 0.1) is 6.92 Å². The number of carboxylic acids is 1. The number of rotatable bonds is 4. The standard InChI is InChI=1S/C12H17NO4.C4H8O2/c1-7-5-8(6-9(14)15)13-10(7)11(16)17-12(2,3)4;1-3-6-4(2)5/h5,13H,6H2,1-4H3,(H,14,15);3H2,1-2H3. The minimum Gasteiger partial charge on any atom is -0.481 e.